The van der Waals surface area contributed by atoms with E-state index < -0.39 is 10.0 Å². The molecule has 0 aliphatic carbocycles. The van der Waals surface area contributed by atoms with Crippen LogP contribution < -0.4 is 0 Å². The van der Waals surface area contributed by atoms with Gasteiger partial charge in [0.1, 0.15) is 0 Å². The van der Waals surface area contributed by atoms with Gasteiger partial charge in [0.25, 0.3) is 0 Å². The summed E-state index contributed by atoms with van der Waals surface area (Å²) >= 11 is 0. The summed E-state index contributed by atoms with van der Waals surface area (Å²) in [6.07, 6.45) is 0. The van der Waals surface area contributed by atoms with E-state index in [1.807, 2.05) is 30.3 Å². The minimum atomic E-state index is -3.40. The molecule has 0 spiro atoms. The van der Waals surface area contributed by atoms with E-state index in [1.54, 1.807) is 26.2 Å². The van der Waals surface area contributed by atoms with Gasteiger partial charge in [-0.25, -0.2) is 12.7 Å². The van der Waals surface area contributed by atoms with Gasteiger partial charge in [-0.05, 0) is 37.1 Å². The summed E-state index contributed by atoms with van der Waals surface area (Å²) < 4.78 is 25.9. The van der Waals surface area contributed by atoms with Gasteiger partial charge in [-0.15, -0.1) is 0 Å². The SMILES string of the molecule is CC(C)N(Cc1ccccc1)Cc1cccc(S(=O)(=O)N(C)C)c1. The molecule has 2 rings (SSSR count). The van der Waals surface area contributed by atoms with E-state index in [1.165, 1.54) is 9.87 Å². The third-order valence-electron chi connectivity index (χ3n) is 4.02. The molecular formula is C19H26N2O2S. The fourth-order valence-corrected chi connectivity index (χ4v) is 3.46. The number of rotatable bonds is 7. The minimum absolute atomic E-state index is 0.341. The Labute approximate surface area is 145 Å². The van der Waals surface area contributed by atoms with Crippen molar-refractivity contribution in [3.8, 4) is 0 Å². The predicted octanol–water partition coefficient (Wildman–Crippen LogP) is 3.35. The van der Waals surface area contributed by atoms with Gasteiger partial charge in [-0.1, -0.05) is 42.5 Å². The summed E-state index contributed by atoms with van der Waals surface area (Å²) in [7, 11) is -0.293. The molecule has 2 aromatic carbocycles. The Bertz CT molecular complexity index is 756. The molecule has 0 aliphatic rings. The number of hydrogen-bond acceptors (Lipinski definition) is 3. The summed E-state index contributed by atoms with van der Waals surface area (Å²) in [5.41, 5.74) is 2.26. The normalized spacial score (nSPS) is 12.3. The van der Waals surface area contributed by atoms with Crippen molar-refractivity contribution in [2.75, 3.05) is 14.1 Å². The Kier molecular flexibility index (Phi) is 6.15. The second-order valence-corrected chi connectivity index (χ2v) is 8.57. The molecule has 0 saturated carbocycles. The molecule has 0 N–H and O–H groups in total. The highest BCUT2D eigenvalue weighted by Gasteiger charge is 2.18. The quantitative estimate of drug-likeness (QED) is 0.772. The summed E-state index contributed by atoms with van der Waals surface area (Å²) in [5.74, 6) is 0. The number of nitrogens with zero attached hydrogens (tertiary/aromatic N) is 2. The first-order valence-electron chi connectivity index (χ1n) is 8.10. The molecule has 24 heavy (non-hydrogen) atoms. The fourth-order valence-electron chi connectivity index (χ4n) is 2.49. The van der Waals surface area contributed by atoms with Crippen LogP contribution in [0, 0.1) is 0 Å². The highest BCUT2D eigenvalue weighted by Crippen LogP contribution is 2.18. The second-order valence-electron chi connectivity index (χ2n) is 6.42. The lowest BCUT2D eigenvalue weighted by molar-refractivity contribution is 0.203. The smallest absolute Gasteiger partial charge is 0.242 e. The maximum absolute atomic E-state index is 12.3. The molecule has 130 valence electrons. The molecule has 0 radical (unpaired) electrons. The lowest BCUT2D eigenvalue weighted by Gasteiger charge is -2.27. The number of hydrogen-bond donors (Lipinski definition) is 0. The monoisotopic (exact) mass is 346 g/mol. The summed E-state index contributed by atoms with van der Waals surface area (Å²) in [4.78, 5) is 2.67. The maximum atomic E-state index is 12.3. The topological polar surface area (TPSA) is 40.6 Å². The fraction of sp³-hybridized carbons (Fsp3) is 0.368. The highest BCUT2D eigenvalue weighted by atomic mass is 32.2. The van der Waals surface area contributed by atoms with Crippen LogP contribution >= 0.6 is 0 Å². The predicted molar refractivity (Wildman–Crippen MR) is 98.1 cm³/mol. The van der Waals surface area contributed by atoms with Crippen molar-refractivity contribution in [2.24, 2.45) is 0 Å². The Morgan fingerprint density at radius 1 is 0.875 bits per heavy atom. The van der Waals surface area contributed by atoms with Crippen molar-refractivity contribution in [3.05, 3.63) is 65.7 Å². The first kappa shape index (κ1) is 18.6. The van der Waals surface area contributed by atoms with Crippen molar-refractivity contribution in [2.45, 2.75) is 37.9 Å². The maximum Gasteiger partial charge on any atom is 0.242 e. The average Bonchev–Trinajstić information content (AvgIpc) is 2.55. The van der Waals surface area contributed by atoms with E-state index in [-0.39, 0.29) is 0 Å². The van der Waals surface area contributed by atoms with E-state index in [0.29, 0.717) is 17.5 Å². The largest absolute Gasteiger partial charge is 0.292 e. The Balaban J connectivity index is 2.21. The molecule has 5 heteroatoms. The van der Waals surface area contributed by atoms with Crippen LogP contribution in [0.3, 0.4) is 0 Å². The second kappa shape index (κ2) is 7.92. The van der Waals surface area contributed by atoms with Gasteiger partial charge in [0, 0.05) is 33.2 Å². The van der Waals surface area contributed by atoms with Crippen molar-refractivity contribution in [1.82, 2.24) is 9.21 Å². The van der Waals surface area contributed by atoms with E-state index >= 15 is 0 Å². The van der Waals surface area contributed by atoms with Crippen LogP contribution in [0.1, 0.15) is 25.0 Å². The molecule has 0 atom stereocenters. The van der Waals surface area contributed by atoms with Crippen LogP contribution in [-0.2, 0) is 23.1 Å². The summed E-state index contributed by atoms with van der Waals surface area (Å²) in [6.45, 7) is 5.86. The first-order chi connectivity index (χ1) is 11.3. The van der Waals surface area contributed by atoms with Crippen molar-refractivity contribution < 1.29 is 8.42 Å². The average molecular weight is 346 g/mol. The van der Waals surface area contributed by atoms with Crippen molar-refractivity contribution in [1.29, 1.82) is 0 Å². The van der Waals surface area contributed by atoms with E-state index in [4.69, 9.17) is 0 Å². The molecule has 0 aliphatic heterocycles. The van der Waals surface area contributed by atoms with Crippen molar-refractivity contribution in [3.63, 3.8) is 0 Å². The van der Waals surface area contributed by atoms with Crippen LogP contribution in [-0.4, -0.2) is 37.8 Å². The molecule has 0 saturated heterocycles. The van der Waals surface area contributed by atoms with Gasteiger partial charge in [0.2, 0.25) is 10.0 Å². The zero-order chi connectivity index (χ0) is 17.7. The Morgan fingerprint density at radius 3 is 2.04 bits per heavy atom. The molecule has 0 bridgehead atoms. The molecule has 2 aromatic rings. The Morgan fingerprint density at radius 2 is 1.46 bits per heavy atom. The Hall–Kier alpha value is -1.69. The van der Waals surface area contributed by atoms with Gasteiger partial charge in [0.05, 0.1) is 4.90 Å². The van der Waals surface area contributed by atoms with E-state index in [9.17, 15) is 8.42 Å². The molecule has 0 unspecified atom stereocenters. The van der Waals surface area contributed by atoms with E-state index in [2.05, 4.69) is 30.9 Å². The lowest BCUT2D eigenvalue weighted by Crippen LogP contribution is -2.30. The van der Waals surface area contributed by atoms with Crippen LogP contribution in [0.2, 0.25) is 0 Å². The number of sulfonamides is 1. The van der Waals surface area contributed by atoms with Crippen LogP contribution in [0.5, 0.6) is 0 Å². The summed E-state index contributed by atoms with van der Waals surface area (Å²) in [6, 6.07) is 17.9. The first-order valence-corrected chi connectivity index (χ1v) is 9.54. The van der Waals surface area contributed by atoms with Crippen LogP contribution in [0.15, 0.2) is 59.5 Å². The molecule has 4 nitrogen and oxygen atoms in total. The highest BCUT2D eigenvalue weighted by molar-refractivity contribution is 7.89. The third-order valence-corrected chi connectivity index (χ3v) is 5.83. The van der Waals surface area contributed by atoms with E-state index in [0.717, 1.165) is 12.1 Å². The van der Waals surface area contributed by atoms with Gasteiger partial charge in [-0.3, -0.25) is 4.90 Å². The zero-order valence-electron chi connectivity index (χ0n) is 14.8. The van der Waals surface area contributed by atoms with Crippen molar-refractivity contribution >= 4 is 10.0 Å². The molecule has 0 amide bonds. The molecule has 0 fully saturated rings. The molecular weight excluding hydrogens is 320 g/mol. The lowest BCUT2D eigenvalue weighted by atomic mass is 10.1. The van der Waals surface area contributed by atoms with Crippen LogP contribution in [0.4, 0.5) is 0 Å². The minimum Gasteiger partial charge on any atom is -0.292 e. The zero-order valence-corrected chi connectivity index (χ0v) is 15.6. The molecule has 0 heterocycles. The molecule has 0 aromatic heterocycles. The van der Waals surface area contributed by atoms with Gasteiger partial charge in [0.15, 0.2) is 0 Å². The van der Waals surface area contributed by atoms with Crippen LogP contribution in [0.25, 0.3) is 0 Å². The van der Waals surface area contributed by atoms with Gasteiger partial charge in [-0.2, -0.15) is 0 Å². The number of benzene rings is 2. The van der Waals surface area contributed by atoms with Gasteiger partial charge >= 0.3 is 0 Å². The van der Waals surface area contributed by atoms with Gasteiger partial charge < -0.3 is 0 Å². The third kappa shape index (κ3) is 4.66. The summed E-state index contributed by atoms with van der Waals surface area (Å²) in [5, 5.41) is 0. The standard InChI is InChI=1S/C19H26N2O2S/c1-16(2)21(14-17-9-6-5-7-10-17)15-18-11-8-12-19(13-18)24(22,23)20(3)4/h5-13,16H,14-15H2,1-4H3.